The molecule has 0 atom stereocenters. The maximum Gasteiger partial charge on any atom is 0.268 e. The number of carbonyl (C=O) groups excluding carboxylic acids is 1. The Kier molecular flexibility index (Phi) is 3.72. The molecule has 0 aromatic carbocycles. The highest BCUT2D eigenvalue weighted by Crippen LogP contribution is 2.35. The molecule has 3 heterocycles. The number of nitrogens with zero attached hydrogens (tertiary/aromatic N) is 2. The highest BCUT2D eigenvalue weighted by Gasteiger charge is 2.19. The molecule has 22 heavy (non-hydrogen) atoms. The normalized spacial score (nSPS) is 10.9. The Morgan fingerprint density at radius 3 is 2.91 bits per heavy atom. The molecule has 0 saturated carbocycles. The van der Waals surface area contributed by atoms with Gasteiger partial charge >= 0.3 is 0 Å². The van der Waals surface area contributed by atoms with E-state index >= 15 is 0 Å². The topological polar surface area (TPSA) is 80.9 Å². The number of rotatable bonds is 2. The van der Waals surface area contributed by atoms with E-state index in [2.05, 4.69) is 15.3 Å². The highest BCUT2D eigenvalue weighted by atomic mass is 35.5. The number of nitrogens with two attached hydrogens (primary N) is 1. The average molecular weight is 333 g/mol. The smallest absolute Gasteiger partial charge is 0.268 e. The van der Waals surface area contributed by atoms with Gasteiger partial charge in [-0.3, -0.25) is 4.79 Å². The minimum Gasteiger partial charge on any atom is -0.397 e. The molecule has 0 unspecified atom stereocenters. The fraction of sp³-hybridized carbons (Fsp3) is 0.133. The number of nitrogens with one attached hydrogen (secondary N) is 1. The van der Waals surface area contributed by atoms with Gasteiger partial charge in [0.05, 0.1) is 11.4 Å². The van der Waals surface area contributed by atoms with Crippen LogP contribution in [0.25, 0.3) is 10.2 Å². The van der Waals surface area contributed by atoms with Crippen molar-refractivity contribution in [2.24, 2.45) is 0 Å². The molecule has 0 saturated heterocycles. The molecule has 0 spiro atoms. The number of aryl methyl sites for hydroxylation is 2. The van der Waals surface area contributed by atoms with Crippen molar-refractivity contribution in [1.29, 1.82) is 0 Å². The third kappa shape index (κ3) is 2.51. The number of amides is 1. The first kappa shape index (κ1) is 14.7. The number of carbonyl (C=O) groups is 1. The summed E-state index contributed by atoms with van der Waals surface area (Å²) in [5, 5.41) is 3.80. The zero-order chi connectivity index (χ0) is 15.9. The van der Waals surface area contributed by atoms with E-state index < -0.39 is 0 Å². The molecule has 0 aliphatic carbocycles. The molecule has 0 aliphatic rings. The van der Waals surface area contributed by atoms with Crippen LogP contribution in [0.1, 0.15) is 20.9 Å². The van der Waals surface area contributed by atoms with E-state index in [-0.39, 0.29) is 11.1 Å². The molecule has 7 heteroatoms. The molecule has 0 bridgehead atoms. The summed E-state index contributed by atoms with van der Waals surface area (Å²) in [6.07, 6.45) is 1.56. The van der Waals surface area contributed by atoms with Gasteiger partial charge in [0.1, 0.15) is 9.71 Å². The molecule has 3 N–H and O–H groups in total. The number of anilines is 2. The first-order valence-electron chi connectivity index (χ1n) is 6.55. The van der Waals surface area contributed by atoms with Gasteiger partial charge in [-0.25, -0.2) is 9.97 Å². The number of nitrogen functional groups attached to an aromatic ring is 1. The lowest BCUT2D eigenvalue weighted by Gasteiger charge is -2.05. The quantitative estimate of drug-likeness (QED) is 0.699. The van der Waals surface area contributed by atoms with Crippen molar-refractivity contribution in [3.8, 4) is 0 Å². The van der Waals surface area contributed by atoms with Gasteiger partial charge in [0.15, 0.2) is 5.15 Å². The van der Waals surface area contributed by atoms with Gasteiger partial charge in [-0.15, -0.1) is 11.3 Å². The van der Waals surface area contributed by atoms with E-state index in [9.17, 15) is 4.79 Å². The predicted octanol–water partition coefficient (Wildman–Crippen LogP) is 3.80. The van der Waals surface area contributed by atoms with E-state index in [0.29, 0.717) is 16.3 Å². The zero-order valence-corrected chi connectivity index (χ0v) is 13.5. The van der Waals surface area contributed by atoms with Crippen LogP contribution < -0.4 is 11.1 Å². The van der Waals surface area contributed by atoms with Crippen LogP contribution in [0.4, 0.5) is 11.4 Å². The van der Waals surface area contributed by atoms with Gasteiger partial charge in [0, 0.05) is 17.3 Å². The van der Waals surface area contributed by atoms with Crippen LogP contribution in [0.3, 0.4) is 0 Å². The van der Waals surface area contributed by atoms with Crippen LogP contribution in [0.5, 0.6) is 0 Å². The van der Waals surface area contributed by atoms with Crippen LogP contribution in [0.15, 0.2) is 24.4 Å². The summed E-state index contributed by atoms with van der Waals surface area (Å²) in [6.45, 7) is 3.87. The molecule has 112 valence electrons. The maximum atomic E-state index is 12.5. The molecular weight excluding hydrogens is 320 g/mol. The number of thiophene rings is 1. The summed E-state index contributed by atoms with van der Waals surface area (Å²) in [6, 6.07) is 5.33. The van der Waals surface area contributed by atoms with E-state index in [0.717, 1.165) is 21.5 Å². The van der Waals surface area contributed by atoms with Crippen LogP contribution in [0.2, 0.25) is 5.15 Å². The molecule has 3 aromatic heterocycles. The minimum absolute atomic E-state index is 0.237. The van der Waals surface area contributed by atoms with Crippen molar-refractivity contribution in [2.75, 3.05) is 11.1 Å². The monoisotopic (exact) mass is 332 g/mol. The maximum absolute atomic E-state index is 12.5. The summed E-state index contributed by atoms with van der Waals surface area (Å²) < 4.78 is 0. The Bertz CT molecular complexity index is 891. The molecule has 0 fully saturated rings. The molecule has 3 rings (SSSR count). The number of hydrogen-bond acceptors (Lipinski definition) is 5. The molecule has 0 aliphatic heterocycles. The first-order chi connectivity index (χ1) is 10.5. The predicted molar refractivity (Wildman–Crippen MR) is 90.7 cm³/mol. The molecule has 3 aromatic rings. The number of aromatic nitrogens is 2. The summed E-state index contributed by atoms with van der Waals surface area (Å²) >= 11 is 7.23. The number of pyridine rings is 2. The van der Waals surface area contributed by atoms with Gasteiger partial charge in [-0.2, -0.15) is 0 Å². The molecule has 5 nitrogen and oxygen atoms in total. The second-order valence-electron chi connectivity index (χ2n) is 4.90. The zero-order valence-electron chi connectivity index (χ0n) is 12.0. The second-order valence-corrected chi connectivity index (χ2v) is 6.26. The van der Waals surface area contributed by atoms with Gasteiger partial charge in [-0.05, 0) is 37.6 Å². The lowest BCUT2D eigenvalue weighted by molar-refractivity contribution is 0.103. The van der Waals surface area contributed by atoms with Crippen LogP contribution in [-0.4, -0.2) is 15.9 Å². The van der Waals surface area contributed by atoms with E-state index in [1.165, 1.54) is 11.3 Å². The number of hydrogen-bond donors (Lipinski definition) is 2. The molecule has 1 amide bonds. The van der Waals surface area contributed by atoms with E-state index in [4.69, 9.17) is 17.3 Å². The lowest BCUT2D eigenvalue weighted by Crippen LogP contribution is -2.12. The Morgan fingerprint density at radius 2 is 2.18 bits per heavy atom. The van der Waals surface area contributed by atoms with Gasteiger partial charge < -0.3 is 11.1 Å². The fourth-order valence-corrected chi connectivity index (χ4v) is 3.57. The SMILES string of the molecule is Cc1cc(C)c2c(N)c(C(=O)Nc3cccnc3Cl)sc2n1. The Hall–Kier alpha value is -2.18. The second kappa shape index (κ2) is 5.55. The number of halogens is 1. The van der Waals surface area contributed by atoms with Crippen molar-refractivity contribution in [1.82, 2.24) is 9.97 Å². The van der Waals surface area contributed by atoms with Crippen molar-refractivity contribution >= 4 is 50.4 Å². The number of fused-ring (bicyclic) bond motifs is 1. The fourth-order valence-electron chi connectivity index (χ4n) is 2.30. The molecular formula is C15H13ClN4OS. The van der Waals surface area contributed by atoms with E-state index in [1.54, 1.807) is 18.3 Å². The third-order valence-electron chi connectivity index (χ3n) is 3.24. The standard InChI is InChI=1S/C15H13ClN4OS/c1-7-6-8(2)19-15-10(7)11(17)12(22-15)14(21)20-9-4-3-5-18-13(9)16/h3-6H,17H2,1-2H3,(H,20,21). The van der Waals surface area contributed by atoms with Crippen molar-refractivity contribution in [2.45, 2.75) is 13.8 Å². The lowest BCUT2D eigenvalue weighted by atomic mass is 10.1. The van der Waals surface area contributed by atoms with Crippen molar-refractivity contribution in [3.05, 3.63) is 45.7 Å². The van der Waals surface area contributed by atoms with E-state index in [1.807, 2.05) is 19.9 Å². The first-order valence-corrected chi connectivity index (χ1v) is 7.75. The minimum atomic E-state index is -0.313. The Labute approximate surface area is 136 Å². The van der Waals surface area contributed by atoms with Gasteiger partial charge in [-0.1, -0.05) is 11.6 Å². The summed E-state index contributed by atoms with van der Waals surface area (Å²) in [7, 11) is 0. The Balaban J connectivity index is 2.03. The van der Waals surface area contributed by atoms with Gasteiger partial charge in [0.25, 0.3) is 5.91 Å². The van der Waals surface area contributed by atoms with Crippen LogP contribution >= 0.6 is 22.9 Å². The summed E-state index contributed by atoms with van der Waals surface area (Å²) in [4.78, 5) is 22.0. The Morgan fingerprint density at radius 1 is 1.41 bits per heavy atom. The largest absolute Gasteiger partial charge is 0.397 e. The molecule has 0 radical (unpaired) electrons. The average Bonchev–Trinajstić information content (AvgIpc) is 2.78. The summed E-state index contributed by atoms with van der Waals surface area (Å²) in [5.41, 5.74) is 8.95. The highest BCUT2D eigenvalue weighted by molar-refractivity contribution is 7.21. The third-order valence-corrected chi connectivity index (χ3v) is 4.64. The van der Waals surface area contributed by atoms with Crippen LogP contribution in [-0.2, 0) is 0 Å². The van der Waals surface area contributed by atoms with Crippen molar-refractivity contribution in [3.63, 3.8) is 0 Å². The van der Waals surface area contributed by atoms with Crippen LogP contribution in [0, 0.1) is 13.8 Å². The van der Waals surface area contributed by atoms with Gasteiger partial charge in [0.2, 0.25) is 0 Å². The van der Waals surface area contributed by atoms with Crippen molar-refractivity contribution < 1.29 is 4.79 Å². The summed E-state index contributed by atoms with van der Waals surface area (Å²) in [5.74, 6) is -0.313.